The lowest BCUT2D eigenvalue weighted by molar-refractivity contribution is -0.122. The molecule has 0 aromatic heterocycles. The molecule has 0 fully saturated rings. The topological polar surface area (TPSA) is 58.4 Å². The van der Waals surface area contributed by atoms with Crippen molar-refractivity contribution in [1.29, 1.82) is 0 Å². The predicted octanol–water partition coefficient (Wildman–Crippen LogP) is 2.91. The number of hydrogen-bond donors (Lipinski definition) is 2. The molecule has 5 heteroatoms. The molecule has 1 rings (SSSR count). The maximum absolute atomic E-state index is 12.1. The van der Waals surface area contributed by atoms with Crippen molar-refractivity contribution in [3.8, 4) is 0 Å². The Morgan fingerprint density at radius 2 is 2.05 bits per heavy atom. The Labute approximate surface area is 126 Å². The molecule has 0 heterocycles. The first-order chi connectivity index (χ1) is 9.32. The Bertz CT molecular complexity index is 462. The number of carbonyl (C=O) groups is 1. The molecular weight excluding hydrogens is 274 g/mol. The molecule has 1 unspecified atom stereocenters. The second-order valence-electron chi connectivity index (χ2n) is 5.46. The lowest BCUT2D eigenvalue weighted by Crippen LogP contribution is -2.44. The van der Waals surface area contributed by atoms with Crippen LogP contribution in [0.4, 0.5) is 11.4 Å². The second-order valence-corrected chi connectivity index (χ2v) is 5.90. The van der Waals surface area contributed by atoms with Crippen LogP contribution in [0.1, 0.15) is 27.2 Å². The summed E-state index contributed by atoms with van der Waals surface area (Å²) >= 11 is 5.98. The summed E-state index contributed by atoms with van der Waals surface area (Å²) in [6.07, 6.45) is 0.974. The van der Waals surface area contributed by atoms with E-state index in [1.54, 1.807) is 18.2 Å². The molecule has 0 aliphatic carbocycles. The second kappa shape index (κ2) is 7.39. The third-order valence-corrected chi connectivity index (χ3v) is 3.59. The van der Waals surface area contributed by atoms with Crippen LogP contribution in [-0.2, 0) is 4.79 Å². The SMILES string of the molecule is CC(C)CCNC(=O)C(C)N(C)c1cc(Cl)ccc1N. The molecule has 1 aromatic carbocycles. The highest BCUT2D eigenvalue weighted by molar-refractivity contribution is 6.31. The third-order valence-electron chi connectivity index (χ3n) is 3.35. The zero-order valence-electron chi connectivity index (χ0n) is 12.6. The summed E-state index contributed by atoms with van der Waals surface area (Å²) in [7, 11) is 1.84. The Morgan fingerprint density at radius 1 is 1.40 bits per heavy atom. The smallest absolute Gasteiger partial charge is 0.242 e. The molecular formula is C15H24ClN3O. The maximum Gasteiger partial charge on any atom is 0.242 e. The highest BCUT2D eigenvalue weighted by atomic mass is 35.5. The van der Waals surface area contributed by atoms with E-state index in [0.29, 0.717) is 23.2 Å². The van der Waals surface area contributed by atoms with Gasteiger partial charge in [-0.2, -0.15) is 0 Å². The van der Waals surface area contributed by atoms with E-state index in [2.05, 4.69) is 19.2 Å². The van der Waals surface area contributed by atoms with E-state index in [9.17, 15) is 4.79 Å². The van der Waals surface area contributed by atoms with Gasteiger partial charge in [0.15, 0.2) is 0 Å². The van der Waals surface area contributed by atoms with Gasteiger partial charge in [-0.15, -0.1) is 0 Å². The van der Waals surface area contributed by atoms with Crippen molar-refractivity contribution in [3.05, 3.63) is 23.2 Å². The molecule has 0 spiro atoms. The molecule has 0 radical (unpaired) electrons. The lowest BCUT2D eigenvalue weighted by atomic mass is 10.1. The number of halogens is 1. The number of amides is 1. The van der Waals surface area contributed by atoms with Crippen LogP contribution in [-0.4, -0.2) is 25.5 Å². The van der Waals surface area contributed by atoms with E-state index in [1.165, 1.54) is 0 Å². The normalized spacial score (nSPS) is 12.3. The van der Waals surface area contributed by atoms with Crippen molar-refractivity contribution >= 4 is 28.9 Å². The summed E-state index contributed by atoms with van der Waals surface area (Å²) in [5.74, 6) is 0.569. The minimum atomic E-state index is -0.303. The Morgan fingerprint density at radius 3 is 2.65 bits per heavy atom. The highest BCUT2D eigenvalue weighted by Gasteiger charge is 2.19. The number of nitrogens with zero attached hydrogens (tertiary/aromatic N) is 1. The van der Waals surface area contributed by atoms with Crippen LogP contribution >= 0.6 is 11.6 Å². The molecule has 0 saturated heterocycles. The number of rotatable bonds is 6. The van der Waals surface area contributed by atoms with Crippen molar-refractivity contribution in [2.75, 3.05) is 24.2 Å². The number of nitrogen functional groups attached to an aromatic ring is 1. The fourth-order valence-corrected chi connectivity index (χ4v) is 2.00. The van der Waals surface area contributed by atoms with Crippen molar-refractivity contribution < 1.29 is 4.79 Å². The van der Waals surface area contributed by atoms with Gasteiger partial charge >= 0.3 is 0 Å². The highest BCUT2D eigenvalue weighted by Crippen LogP contribution is 2.27. The van der Waals surface area contributed by atoms with Gasteiger partial charge in [0.25, 0.3) is 0 Å². The van der Waals surface area contributed by atoms with Gasteiger partial charge in [0, 0.05) is 18.6 Å². The maximum atomic E-state index is 12.1. The van der Waals surface area contributed by atoms with Gasteiger partial charge in [-0.05, 0) is 37.5 Å². The molecule has 1 amide bonds. The van der Waals surface area contributed by atoms with Crippen LogP contribution in [0.5, 0.6) is 0 Å². The van der Waals surface area contributed by atoms with Crippen LogP contribution in [0, 0.1) is 5.92 Å². The number of nitrogens with two attached hydrogens (primary N) is 1. The minimum Gasteiger partial charge on any atom is -0.397 e. The zero-order chi connectivity index (χ0) is 15.3. The first-order valence-electron chi connectivity index (χ1n) is 6.88. The molecule has 0 bridgehead atoms. The van der Waals surface area contributed by atoms with E-state index in [-0.39, 0.29) is 11.9 Å². The molecule has 4 nitrogen and oxygen atoms in total. The Balaban J connectivity index is 2.68. The Kier molecular flexibility index (Phi) is 6.14. The van der Waals surface area contributed by atoms with E-state index >= 15 is 0 Å². The largest absolute Gasteiger partial charge is 0.397 e. The number of anilines is 2. The van der Waals surface area contributed by atoms with Crippen LogP contribution in [0.3, 0.4) is 0 Å². The fourth-order valence-electron chi connectivity index (χ4n) is 1.84. The molecule has 20 heavy (non-hydrogen) atoms. The van der Waals surface area contributed by atoms with Crippen LogP contribution < -0.4 is 16.0 Å². The van der Waals surface area contributed by atoms with Gasteiger partial charge in [-0.1, -0.05) is 25.4 Å². The van der Waals surface area contributed by atoms with Crippen molar-refractivity contribution in [1.82, 2.24) is 5.32 Å². The van der Waals surface area contributed by atoms with Gasteiger partial charge < -0.3 is 16.0 Å². The molecule has 1 aromatic rings. The van der Waals surface area contributed by atoms with Gasteiger partial charge in [0.1, 0.15) is 6.04 Å². The third kappa shape index (κ3) is 4.60. The quantitative estimate of drug-likeness (QED) is 0.794. The summed E-state index contributed by atoms with van der Waals surface area (Å²) < 4.78 is 0. The average Bonchev–Trinajstić information content (AvgIpc) is 2.39. The number of nitrogens with one attached hydrogen (secondary N) is 1. The van der Waals surface area contributed by atoms with Crippen molar-refractivity contribution in [2.24, 2.45) is 5.92 Å². The molecule has 112 valence electrons. The van der Waals surface area contributed by atoms with E-state index in [0.717, 1.165) is 12.1 Å². The predicted molar refractivity (Wildman–Crippen MR) is 86.2 cm³/mol. The first kappa shape index (κ1) is 16.6. The van der Waals surface area contributed by atoms with E-state index in [1.807, 2.05) is 18.9 Å². The van der Waals surface area contributed by atoms with Crippen LogP contribution in [0.15, 0.2) is 18.2 Å². The van der Waals surface area contributed by atoms with Crippen LogP contribution in [0.2, 0.25) is 5.02 Å². The number of likely N-dealkylation sites (N-methyl/N-ethyl adjacent to an activating group) is 1. The number of carbonyl (C=O) groups excluding carboxylic acids is 1. The van der Waals surface area contributed by atoms with E-state index in [4.69, 9.17) is 17.3 Å². The van der Waals surface area contributed by atoms with Gasteiger partial charge in [0.05, 0.1) is 11.4 Å². The molecule has 0 aliphatic heterocycles. The average molecular weight is 298 g/mol. The van der Waals surface area contributed by atoms with Gasteiger partial charge in [-0.25, -0.2) is 0 Å². The minimum absolute atomic E-state index is 0.00692. The van der Waals surface area contributed by atoms with E-state index < -0.39 is 0 Å². The van der Waals surface area contributed by atoms with Crippen molar-refractivity contribution in [3.63, 3.8) is 0 Å². The summed E-state index contributed by atoms with van der Waals surface area (Å²) in [6, 6.07) is 4.96. The number of hydrogen-bond acceptors (Lipinski definition) is 3. The summed E-state index contributed by atoms with van der Waals surface area (Å²) in [4.78, 5) is 13.9. The van der Waals surface area contributed by atoms with Gasteiger partial charge in [-0.3, -0.25) is 4.79 Å². The zero-order valence-corrected chi connectivity index (χ0v) is 13.4. The first-order valence-corrected chi connectivity index (χ1v) is 7.26. The molecule has 1 atom stereocenters. The standard InChI is InChI=1S/C15H24ClN3O/c1-10(2)7-8-18-15(20)11(3)19(4)14-9-12(16)5-6-13(14)17/h5-6,9-11H,7-8,17H2,1-4H3,(H,18,20). The summed E-state index contributed by atoms with van der Waals surface area (Å²) in [6.45, 7) is 6.81. The van der Waals surface area contributed by atoms with Crippen molar-refractivity contribution in [2.45, 2.75) is 33.2 Å². The summed E-state index contributed by atoms with van der Waals surface area (Å²) in [5.41, 5.74) is 7.31. The monoisotopic (exact) mass is 297 g/mol. The van der Waals surface area contributed by atoms with Gasteiger partial charge in [0.2, 0.25) is 5.91 Å². The Hall–Kier alpha value is -1.42. The molecule has 0 saturated carbocycles. The fraction of sp³-hybridized carbons (Fsp3) is 0.533. The number of benzene rings is 1. The summed E-state index contributed by atoms with van der Waals surface area (Å²) in [5, 5.41) is 3.55. The molecule has 0 aliphatic rings. The lowest BCUT2D eigenvalue weighted by Gasteiger charge is -2.27. The van der Waals surface area contributed by atoms with Crippen LogP contribution in [0.25, 0.3) is 0 Å². The molecule has 3 N–H and O–H groups in total.